The van der Waals surface area contributed by atoms with Crippen LogP contribution in [0, 0.1) is 5.82 Å². The van der Waals surface area contributed by atoms with Crippen LogP contribution in [0.3, 0.4) is 0 Å². The van der Waals surface area contributed by atoms with E-state index in [1.807, 2.05) is 25.1 Å². The van der Waals surface area contributed by atoms with Gasteiger partial charge in [-0.1, -0.05) is 12.1 Å². The highest BCUT2D eigenvalue weighted by Gasteiger charge is 2.11. The molecule has 3 heteroatoms. The molecule has 0 saturated heterocycles. The minimum atomic E-state index is -0.197. The molecule has 2 rings (SSSR count). The van der Waals surface area contributed by atoms with E-state index in [1.165, 1.54) is 11.6 Å². The molecule has 1 aromatic carbocycles. The van der Waals surface area contributed by atoms with Gasteiger partial charge >= 0.3 is 0 Å². The second-order valence-electron chi connectivity index (χ2n) is 4.45. The zero-order valence-electron chi connectivity index (χ0n) is 10.6. The van der Waals surface area contributed by atoms with Crippen molar-refractivity contribution in [3.8, 4) is 0 Å². The van der Waals surface area contributed by atoms with Crippen molar-refractivity contribution in [2.75, 3.05) is 0 Å². The van der Waals surface area contributed by atoms with E-state index < -0.39 is 0 Å². The van der Waals surface area contributed by atoms with Gasteiger partial charge in [-0.05, 0) is 49.2 Å². The average molecular weight is 244 g/mol. The number of aromatic nitrogens is 1. The third-order valence-corrected chi connectivity index (χ3v) is 3.05. The van der Waals surface area contributed by atoms with Crippen molar-refractivity contribution >= 4 is 0 Å². The second-order valence-corrected chi connectivity index (χ2v) is 4.45. The Hall–Kier alpha value is -1.74. The van der Waals surface area contributed by atoms with Gasteiger partial charge in [-0.15, -0.1) is 0 Å². The van der Waals surface area contributed by atoms with Gasteiger partial charge in [0.1, 0.15) is 5.82 Å². The number of hydrogen-bond donors (Lipinski definition) is 1. The fourth-order valence-electron chi connectivity index (χ4n) is 2.00. The molecule has 18 heavy (non-hydrogen) atoms. The average Bonchev–Trinajstić information content (AvgIpc) is 2.39. The molecule has 2 atom stereocenters. The fourth-order valence-corrected chi connectivity index (χ4v) is 2.00. The highest BCUT2D eigenvalue weighted by Crippen LogP contribution is 2.19. The Morgan fingerprint density at radius 3 is 2.33 bits per heavy atom. The molecule has 0 aliphatic carbocycles. The van der Waals surface area contributed by atoms with Crippen molar-refractivity contribution < 1.29 is 4.39 Å². The summed E-state index contributed by atoms with van der Waals surface area (Å²) in [4.78, 5) is 4.00. The molecular weight excluding hydrogens is 227 g/mol. The summed E-state index contributed by atoms with van der Waals surface area (Å²) in [5.41, 5.74) is 2.13. The van der Waals surface area contributed by atoms with Gasteiger partial charge in [0.15, 0.2) is 0 Å². The highest BCUT2D eigenvalue weighted by atomic mass is 19.1. The Morgan fingerprint density at radius 2 is 1.67 bits per heavy atom. The van der Waals surface area contributed by atoms with Crippen LogP contribution in [-0.2, 0) is 0 Å². The maximum absolute atomic E-state index is 13.2. The van der Waals surface area contributed by atoms with E-state index in [4.69, 9.17) is 0 Å². The van der Waals surface area contributed by atoms with Gasteiger partial charge in [0, 0.05) is 24.5 Å². The van der Waals surface area contributed by atoms with Crippen molar-refractivity contribution in [1.82, 2.24) is 10.3 Å². The Bertz CT molecular complexity index is 499. The van der Waals surface area contributed by atoms with Crippen LogP contribution in [0.2, 0.25) is 0 Å². The lowest BCUT2D eigenvalue weighted by atomic mass is 10.1. The lowest BCUT2D eigenvalue weighted by Crippen LogP contribution is -2.22. The number of benzene rings is 1. The monoisotopic (exact) mass is 244 g/mol. The lowest BCUT2D eigenvalue weighted by molar-refractivity contribution is 0.491. The van der Waals surface area contributed by atoms with E-state index in [2.05, 4.69) is 17.2 Å². The molecule has 1 heterocycles. The highest BCUT2D eigenvalue weighted by molar-refractivity contribution is 5.21. The molecule has 0 aliphatic heterocycles. The zero-order valence-corrected chi connectivity index (χ0v) is 10.6. The molecule has 0 spiro atoms. The van der Waals surface area contributed by atoms with Crippen LogP contribution in [-0.4, -0.2) is 4.98 Å². The van der Waals surface area contributed by atoms with Crippen LogP contribution in [0.15, 0.2) is 48.8 Å². The summed E-state index contributed by atoms with van der Waals surface area (Å²) in [5, 5.41) is 3.45. The van der Waals surface area contributed by atoms with Crippen LogP contribution in [0.25, 0.3) is 0 Å². The van der Waals surface area contributed by atoms with Gasteiger partial charge in [-0.3, -0.25) is 4.98 Å². The Labute approximate surface area is 107 Å². The number of halogens is 1. The summed E-state index contributed by atoms with van der Waals surface area (Å²) in [5.74, 6) is -0.197. The van der Waals surface area contributed by atoms with Gasteiger partial charge in [-0.2, -0.15) is 0 Å². The van der Waals surface area contributed by atoms with Gasteiger partial charge in [0.05, 0.1) is 0 Å². The minimum absolute atomic E-state index is 0.101. The second kappa shape index (κ2) is 5.74. The first-order chi connectivity index (χ1) is 8.66. The third kappa shape index (κ3) is 3.14. The van der Waals surface area contributed by atoms with Crippen molar-refractivity contribution in [3.63, 3.8) is 0 Å². The van der Waals surface area contributed by atoms with Crippen LogP contribution in [0.5, 0.6) is 0 Å². The molecule has 0 amide bonds. The topological polar surface area (TPSA) is 24.9 Å². The number of nitrogens with zero attached hydrogens (tertiary/aromatic N) is 1. The van der Waals surface area contributed by atoms with Crippen LogP contribution < -0.4 is 5.32 Å². The van der Waals surface area contributed by atoms with Crippen LogP contribution in [0.1, 0.15) is 37.1 Å². The number of hydrogen-bond acceptors (Lipinski definition) is 2. The molecule has 2 aromatic rings. The maximum Gasteiger partial charge on any atom is 0.123 e. The van der Waals surface area contributed by atoms with Gasteiger partial charge in [0.25, 0.3) is 0 Å². The predicted molar refractivity (Wildman–Crippen MR) is 70.6 cm³/mol. The van der Waals surface area contributed by atoms with Crippen molar-refractivity contribution in [2.45, 2.75) is 25.9 Å². The van der Waals surface area contributed by atoms with Crippen molar-refractivity contribution in [1.29, 1.82) is 0 Å². The van der Waals surface area contributed by atoms with E-state index in [9.17, 15) is 4.39 Å². The van der Waals surface area contributed by atoms with E-state index in [0.717, 1.165) is 5.56 Å². The first kappa shape index (κ1) is 12.7. The van der Waals surface area contributed by atoms with E-state index in [0.29, 0.717) is 0 Å². The van der Waals surface area contributed by atoms with Crippen molar-refractivity contribution in [3.05, 3.63) is 65.7 Å². The SMILES string of the molecule is CC(N[C@@H](C)c1cccc(F)c1)c1ccncc1. The first-order valence-electron chi connectivity index (χ1n) is 6.08. The molecule has 0 bridgehead atoms. The van der Waals surface area contributed by atoms with Gasteiger partial charge in [-0.25, -0.2) is 4.39 Å². The van der Waals surface area contributed by atoms with Gasteiger partial charge < -0.3 is 5.32 Å². The summed E-state index contributed by atoms with van der Waals surface area (Å²) in [6.07, 6.45) is 3.56. The number of nitrogens with one attached hydrogen (secondary N) is 1. The normalized spacial score (nSPS) is 14.2. The maximum atomic E-state index is 13.2. The lowest BCUT2D eigenvalue weighted by Gasteiger charge is -2.20. The summed E-state index contributed by atoms with van der Waals surface area (Å²) < 4.78 is 13.2. The van der Waals surface area contributed by atoms with Crippen molar-refractivity contribution in [2.24, 2.45) is 0 Å². The largest absolute Gasteiger partial charge is 0.304 e. The number of pyridine rings is 1. The number of rotatable bonds is 4. The quantitative estimate of drug-likeness (QED) is 0.888. The molecule has 1 unspecified atom stereocenters. The van der Waals surface area contributed by atoms with E-state index >= 15 is 0 Å². The zero-order chi connectivity index (χ0) is 13.0. The molecule has 1 N–H and O–H groups in total. The molecule has 1 aromatic heterocycles. The third-order valence-electron chi connectivity index (χ3n) is 3.05. The molecule has 0 saturated carbocycles. The first-order valence-corrected chi connectivity index (χ1v) is 6.08. The predicted octanol–water partition coefficient (Wildman–Crippen LogP) is 3.63. The van der Waals surface area contributed by atoms with E-state index in [-0.39, 0.29) is 17.9 Å². The van der Waals surface area contributed by atoms with Crippen LogP contribution in [0.4, 0.5) is 4.39 Å². The molecule has 0 fully saturated rings. The molecule has 0 radical (unpaired) electrons. The van der Waals surface area contributed by atoms with Crippen LogP contribution >= 0.6 is 0 Å². The molecule has 0 aliphatic rings. The summed E-state index contributed by atoms with van der Waals surface area (Å²) in [6.45, 7) is 4.12. The Kier molecular flexibility index (Phi) is 4.05. The molecular formula is C15H17FN2. The summed E-state index contributed by atoms with van der Waals surface area (Å²) in [7, 11) is 0. The fraction of sp³-hybridized carbons (Fsp3) is 0.267. The smallest absolute Gasteiger partial charge is 0.123 e. The summed E-state index contributed by atoms with van der Waals surface area (Å²) >= 11 is 0. The summed E-state index contributed by atoms with van der Waals surface area (Å²) in [6, 6.07) is 11.0. The standard InChI is InChI=1S/C15H17FN2/c1-11(13-6-8-17-9-7-13)18-12(2)14-4-3-5-15(16)10-14/h3-12,18H,1-2H3/t11?,12-/m0/s1. The van der Waals surface area contributed by atoms with E-state index in [1.54, 1.807) is 24.5 Å². The Balaban J connectivity index is 2.05. The molecule has 2 nitrogen and oxygen atoms in total. The molecule has 94 valence electrons. The van der Waals surface area contributed by atoms with Gasteiger partial charge in [0.2, 0.25) is 0 Å². The Morgan fingerprint density at radius 1 is 1.00 bits per heavy atom. The minimum Gasteiger partial charge on any atom is -0.304 e.